The van der Waals surface area contributed by atoms with Gasteiger partial charge < -0.3 is 18.9 Å². The highest BCUT2D eigenvalue weighted by Gasteiger charge is 2.26. The van der Waals surface area contributed by atoms with Crippen LogP contribution in [0.2, 0.25) is 0 Å². The van der Waals surface area contributed by atoms with Crippen molar-refractivity contribution in [1.82, 2.24) is 15.0 Å². The number of hydrogen-bond donors (Lipinski definition) is 0. The zero-order chi connectivity index (χ0) is 22.5. The van der Waals surface area contributed by atoms with E-state index < -0.39 is 0 Å². The van der Waals surface area contributed by atoms with Crippen molar-refractivity contribution in [2.75, 3.05) is 20.8 Å². The molecule has 1 aromatic heterocycles. The first-order chi connectivity index (χ1) is 15.6. The van der Waals surface area contributed by atoms with Crippen LogP contribution in [0.25, 0.3) is 6.08 Å². The minimum absolute atomic E-state index is 0.0781. The van der Waals surface area contributed by atoms with E-state index in [9.17, 15) is 4.79 Å². The molecule has 0 bridgehead atoms. The number of fused-ring (bicyclic) bond motifs is 1. The molecular weight excluding hydrogens is 406 g/mol. The summed E-state index contributed by atoms with van der Waals surface area (Å²) in [5.74, 6) is 2.16. The number of methoxy groups -OCH3 is 2. The summed E-state index contributed by atoms with van der Waals surface area (Å²) in [6.07, 6.45) is 5.19. The number of urea groups is 1. The molecule has 0 aliphatic carbocycles. The quantitative estimate of drug-likeness (QED) is 0.530. The van der Waals surface area contributed by atoms with E-state index >= 15 is 0 Å². The summed E-state index contributed by atoms with van der Waals surface area (Å²) in [4.78, 5) is 17.1. The first-order valence-corrected chi connectivity index (χ1v) is 10.5. The first kappa shape index (κ1) is 21.5. The number of rotatable bonds is 7. The second kappa shape index (κ2) is 9.60. The first-order valence-electron chi connectivity index (χ1n) is 10.5. The van der Waals surface area contributed by atoms with Gasteiger partial charge in [0.2, 0.25) is 0 Å². The van der Waals surface area contributed by atoms with Gasteiger partial charge in [0.05, 0.1) is 27.0 Å². The fourth-order valence-electron chi connectivity index (χ4n) is 3.86. The fourth-order valence-corrected chi connectivity index (χ4v) is 3.86. The molecule has 0 saturated heterocycles. The average molecular weight is 434 g/mol. The van der Waals surface area contributed by atoms with E-state index in [-0.39, 0.29) is 11.9 Å². The van der Waals surface area contributed by atoms with Gasteiger partial charge in [0, 0.05) is 30.9 Å². The zero-order valence-electron chi connectivity index (χ0n) is 18.5. The Labute approximate surface area is 187 Å². The van der Waals surface area contributed by atoms with Gasteiger partial charge >= 0.3 is 6.03 Å². The SMILES string of the molecule is COc1ccc(CN(C[C@H](C)c2ccccc2)C(=O)N2C=Cc3oncc3C2)cc1OC. The van der Waals surface area contributed by atoms with Crippen molar-refractivity contribution in [3.8, 4) is 11.5 Å². The van der Waals surface area contributed by atoms with Gasteiger partial charge in [0.15, 0.2) is 17.3 Å². The maximum atomic E-state index is 13.6. The number of benzene rings is 2. The lowest BCUT2D eigenvalue weighted by Crippen LogP contribution is -2.42. The molecule has 0 unspecified atom stereocenters. The van der Waals surface area contributed by atoms with Gasteiger partial charge in [-0.05, 0) is 29.2 Å². The van der Waals surface area contributed by atoms with Gasteiger partial charge in [-0.3, -0.25) is 4.90 Å². The van der Waals surface area contributed by atoms with Crippen LogP contribution in [0.1, 0.15) is 35.3 Å². The summed E-state index contributed by atoms with van der Waals surface area (Å²) in [5, 5.41) is 3.83. The number of hydrogen-bond acceptors (Lipinski definition) is 5. The Morgan fingerprint density at radius 2 is 1.94 bits per heavy atom. The van der Waals surface area contributed by atoms with Crippen molar-refractivity contribution >= 4 is 12.1 Å². The highest BCUT2D eigenvalue weighted by Crippen LogP contribution is 2.29. The van der Waals surface area contributed by atoms with E-state index in [4.69, 9.17) is 14.0 Å². The zero-order valence-corrected chi connectivity index (χ0v) is 18.5. The standard InChI is InChI=1S/C25H27N3O4/c1-18(20-7-5-4-6-8-20)15-28(16-19-9-10-23(30-2)24(13-19)31-3)25(29)27-12-11-22-21(17-27)14-26-32-22/h4-14,18H,15-17H2,1-3H3/t18-/m0/s1. The Hall–Kier alpha value is -3.74. The third kappa shape index (κ3) is 4.61. The highest BCUT2D eigenvalue weighted by molar-refractivity contribution is 5.77. The Balaban J connectivity index is 1.58. The molecule has 0 N–H and O–H groups in total. The second-order valence-corrected chi connectivity index (χ2v) is 7.82. The number of carbonyl (C=O) groups excluding carboxylic acids is 1. The lowest BCUT2D eigenvalue weighted by molar-refractivity contribution is 0.161. The van der Waals surface area contributed by atoms with Gasteiger partial charge in [-0.25, -0.2) is 4.79 Å². The van der Waals surface area contributed by atoms with Crippen molar-refractivity contribution in [2.45, 2.75) is 25.9 Å². The van der Waals surface area contributed by atoms with Crippen molar-refractivity contribution in [1.29, 1.82) is 0 Å². The number of ether oxygens (including phenoxy) is 2. The monoisotopic (exact) mass is 433 g/mol. The molecule has 1 atom stereocenters. The molecule has 166 valence electrons. The van der Waals surface area contributed by atoms with Crippen molar-refractivity contribution < 1.29 is 18.8 Å². The molecule has 4 rings (SSSR count). The van der Waals surface area contributed by atoms with E-state index in [0.29, 0.717) is 36.9 Å². The van der Waals surface area contributed by atoms with Gasteiger partial charge in [-0.15, -0.1) is 0 Å². The van der Waals surface area contributed by atoms with Crippen LogP contribution in [0.3, 0.4) is 0 Å². The van der Waals surface area contributed by atoms with Crippen LogP contribution in [-0.2, 0) is 13.1 Å². The smallest absolute Gasteiger partial charge is 0.324 e. The van der Waals surface area contributed by atoms with E-state index in [2.05, 4.69) is 24.2 Å². The summed E-state index contributed by atoms with van der Waals surface area (Å²) in [5.41, 5.74) is 3.04. The molecule has 0 fully saturated rings. The number of nitrogens with zero attached hydrogens (tertiary/aromatic N) is 3. The number of aromatic nitrogens is 1. The van der Waals surface area contributed by atoms with Crippen molar-refractivity contribution in [2.24, 2.45) is 0 Å². The van der Waals surface area contributed by atoms with Crippen LogP contribution in [-0.4, -0.2) is 41.8 Å². The van der Waals surface area contributed by atoms with Crippen LogP contribution in [0.5, 0.6) is 11.5 Å². The summed E-state index contributed by atoms with van der Waals surface area (Å²) < 4.78 is 16.0. The number of carbonyl (C=O) groups is 1. The minimum atomic E-state index is -0.0781. The average Bonchev–Trinajstić information content (AvgIpc) is 3.31. The van der Waals surface area contributed by atoms with Gasteiger partial charge in [0.1, 0.15) is 0 Å². The highest BCUT2D eigenvalue weighted by atomic mass is 16.5. The van der Waals surface area contributed by atoms with E-state index in [1.165, 1.54) is 5.56 Å². The summed E-state index contributed by atoms with van der Waals surface area (Å²) in [6.45, 7) is 3.57. The molecule has 2 heterocycles. The third-order valence-electron chi connectivity index (χ3n) is 5.62. The molecule has 3 aromatic rings. The Morgan fingerprint density at radius 1 is 1.16 bits per heavy atom. The Morgan fingerprint density at radius 3 is 2.69 bits per heavy atom. The predicted octanol–water partition coefficient (Wildman–Crippen LogP) is 4.90. The normalized spacial score (nSPS) is 13.4. The molecule has 2 aromatic carbocycles. The predicted molar refractivity (Wildman–Crippen MR) is 121 cm³/mol. The van der Waals surface area contributed by atoms with Crippen LogP contribution >= 0.6 is 0 Å². The van der Waals surface area contributed by atoms with Crippen molar-refractivity contribution in [3.05, 3.63) is 83.4 Å². The molecule has 7 heteroatoms. The molecule has 1 aliphatic heterocycles. The molecule has 2 amide bonds. The van der Waals surface area contributed by atoms with Crippen molar-refractivity contribution in [3.63, 3.8) is 0 Å². The fraction of sp³-hybridized carbons (Fsp3) is 0.280. The summed E-state index contributed by atoms with van der Waals surface area (Å²) in [6, 6.07) is 15.9. The molecule has 32 heavy (non-hydrogen) atoms. The van der Waals surface area contributed by atoms with Crippen LogP contribution < -0.4 is 9.47 Å². The van der Waals surface area contributed by atoms with E-state index in [1.54, 1.807) is 37.6 Å². The van der Waals surface area contributed by atoms with Gasteiger partial charge in [-0.2, -0.15) is 0 Å². The summed E-state index contributed by atoms with van der Waals surface area (Å²) in [7, 11) is 3.22. The summed E-state index contributed by atoms with van der Waals surface area (Å²) >= 11 is 0. The van der Waals surface area contributed by atoms with Gasteiger partial charge in [0.25, 0.3) is 0 Å². The molecule has 0 spiro atoms. The molecular formula is C25H27N3O4. The largest absolute Gasteiger partial charge is 0.493 e. The van der Waals surface area contributed by atoms with Crippen LogP contribution in [0.4, 0.5) is 4.79 Å². The van der Waals surface area contributed by atoms with Crippen LogP contribution in [0, 0.1) is 0 Å². The maximum Gasteiger partial charge on any atom is 0.324 e. The number of amides is 2. The van der Waals surface area contributed by atoms with Gasteiger partial charge in [-0.1, -0.05) is 48.5 Å². The maximum absolute atomic E-state index is 13.6. The Kier molecular flexibility index (Phi) is 6.44. The van der Waals surface area contributed by atoms with Crippen LogP contribution in [0.15, 0.2) is 65.5 Å². The lowest BCUT2D eigenvalue weighted by Gasteiger charge is -2.32. The molecule has 7 nitrogen and oxygen atoms in total. The molecule has 1 aliphatic rings. The van der Waals surface area contributed by atoms with E-state index in [1.807, 2.05) is 41.3 Å². The Bertz CT molecular complexity index is 1090. The van der Waals surface area contributed by atoms with E-state index in [0.717, 1.165) is 11.1 Å². The molecule has 0 saturated carbocycles. The topological polar surface area (TPSA) is 68.0 Å². The minimum Gasteiger partial charge on any atom is -0.493 e. The molecule has 0 radical (unpaired) electrons. The third-order valence-corrected chi connectivity index (χ3v) is 5.62. The lowest BCUT2D eigenvalue weighted by atomic mass is 10.0. The second-order valence-electron chi connectivity index (χ2n) is 7.82.